The molecule has 0 unspecified atom stereocenters. The summed E-state index contributed by atoms with van der Waals surface area (Å²) in [5.74, 6) is -0.939. The van der Waals surface area contributed by atoms with E-state index >= 15 is 0 Å². The Morgan fingerprint density at radius 3 is 2.29 bits per heavy atom. The van der Waals surface area contributed by atoms with Crippen molar-refractivity contribution in [3.05, 3.63) is 63.6 Å². The van der Waals surface area contributed by atoms with Gasteiger partial charge in [-0.2, -0.15) is 4.31 Å². The highest BCUT2D eigenvalue weighted by atomic mass is 35.5. The Balaban J connectivity index is 1.49. The first-order valence-corrected chi connectivity index (χ1v) is 12.2. The molecule has 3 rings (SSSR count). The molecule has 1 aliphatic heterocycles. The minimum absolute atomic E-state index is 0.0693. The summed E-state index contributed by atoms with van der Waals surface area (Å²) in [6.45, 7) is 0.693. The molecule has 0 aromatic heterocycles. The molecule has 31 heavy (non-hydrogen) atoms. The molecule has 6 nitrogen and oxygen atoms in total. The number of halogens is 2. The van der Waals surface area contributed by atoms with Crippen LogP contribution in [0.4, 0.5) is 0 Å². The van der Waals surface area contributed by atoms with E-state index in [9.17, 15) is 18.0 Å². The first-order chi connectivity index (χ1) is 14.8. The molecule has 1 fully saturated rings. The number of hydrogen-bond donors (Lipinski definition) is 0. The number of Topliss-reactive ketones (excluding diaryl/α,β-unsaturated/α-hetero) is 1. The van der Waals surface area contributed by atoms with Crippen LogP contribution in [0, 0.1) is 0 Å². The molecule has 0 atom stereocenters. The zero-order valence-electron chi connectivity index (χ0n) is 16.9. The van der Waals surface area contributed by atoms with Crippen LogP contribution in [0.1, 0.15) is 41.6 Å². The molecule has 0 amide bonds. The minimum atomic E-state index is -3.48. The number of ketones is 1. The molecule has 2 aromatic rings. The number of piperidine rings is 1. The normalized spacial score (nSPS) is 14.9. The van der Waals surface area contributed by atoms with Gasteiger partial charge in [0.2, 0.25) is 15.8 Å². The van der Waals surface area contributed by atoms with Crippen LogP contribution in [0.3, 0.4) is 0 Å². The predicted molar refractivity (Wildman–Crippen MR) is 119 cm³/mol. The van der Waals surface area contributed by atoms with Crippen molar-refractivity contribution in [1.29, 1.82) is 0 Å². The van der Waals surface area contributed by atoms with Gasteiger partial charge in [-0.3, -0.25) is 9.59 Å². The number of carbonyl (C=O) groups excluding carboxylic acids is 2. The van der Waals surface area contributed by atoms with Crippen molar-refractivity contribution >= 4 is 45.0 Å². The predicted octanol–water partition coefficient (Wildman–Crippen LogP) is 4.53. The summed E-state index contributed by atoms with van der Waals surface area (Å²) in [7, 11) is -3.48. The van der Waals surface area contributed by atoms with E-state index in [0.717, 1.165) is 24.8 Å². The molecule has 0 N–H and O–H groups in total. The van der Waals surface area contributed by atoms with Crippen LogP contribution in [0.25, 0.3) is 0 Å². The monoisotopic (exact) mass is 483 g/mol. The molecule has 2 aromatic carbocycles. The highest BCUT2D eigenvalue weighted by Crippen LogP contribution is 2.22. The fourth-order valence-corrected chi connectivity index (χ4v) is 5.37. The maximum Gasteiger partial charge on any atom is 0.306 e. The third kappa shape index (κ3) is 6.29. The number of esters is 1. The molecular weight excluding hydrogens is 461 g/mol. The zero-order valence-corrected chi connectivity index (χ0v) is 19.2. The second-order valence-electron chi connectivity index (χ2n) is 7.32. The van der Waals surface area contributed by atoms with Crippen molar-refractivity contribution in [3.63, 3.8) is 0 Å². The second kappa shape index (κ2) is 10.6. The average molecular weight is 484 g/mol. The maximum absolute atomic E-state index is 12.7. The van der Waals surface area contributed by atoms with E-state index in [2.05, 4.69) is 0 Å². The zero-order chi connectivity index (χ0) is 22.4. The van der Waals surface area contributed by atoms with Gasteiger partial charge < -0.3 is 4.74 Å². The van der Waals surface area contributed by atoms with Crippen LogP contribution >= 0.6 is 23.2 Å². The van der Waals surface area contributed by atoms with E-state index in [4.69, 9.17) is 27.9 Å². The molecule has 9 heteroatoms. The quantitative estimate of drug-likeness (QED) is 0.407. The van der Waals surface area contributed by atoms with Crippen LogP contribution in [-0.2, 0) is 26.0 Å². The summed E-state index contributed by atoms with van der Waals surface area (Å²) in [6, 6.07) is 11.0. The third-order valence-electron chi connectivity index (χ3n) is 5.09. The molecule has 0 radical (unpaired) electrons. The van der Waals surface area contributed by atoms with Crippen LogP contribution in [0.2, 0.25) is 10.0 Å². The highest BCUT2D eigenvalue weighted by molar-refractivity contribution is 7.89. The summed E-state index contributed by atoms with van der Waals surface area (Å²) < 4.78 is 31.9. The van der Waals surface area contributed by atoms with E-state index in [1.807, 2.05) is 0 Å². The Morgan fingerprint density at radius 2 is 1.65 bits per heavy atom. The van der Waals surface area contributed by atoms with E-state index < -0.39 is 28.4 Å². The third-order valence-corrected chi connectivity index (χ3v) is 7.55. The van der Waals surface area contributed by atoms with Crippen molar-refractivity contribution in [2.45, 2.75) is 37.0 Å². The Bertz CT molecular complexity index is 1050. The summed E-state index contributed by atoms with van der Waals surface area (Å²) in [5, 5.41) is 0.612. The lowest BCUT2D eigenvalue weighted by molar-refractivity contribution is -0.142. The van der Waals surface area contributed by atoms with Gasteiger partial charge in [0.1, 0.15) is 0 Å². The molecule has 166 valence electrons. The lowest BCUT2D eigenvalue weighted by Gasteiger charge is -2.25. The van der Waals surface area contributed by atoms with Gasteiger partial charge in [-0.15, -0.1) is 0 Å². The fraction of sp³-hybridized carbons (Fsp3) is 0.364. The van der Waals surface area contributed by atoms with Crippen LogP contribution in [0.15, 0.2) is 47.4 Å². The van der Waals surface area contributed by atoms with E-state index in [1.54, 1.807) is 24.3 Å². The summed E-state index contributed by atoms with van der Waals surface area (Å²) in [4.78, 5) is 24.4. The average Bonchev–Trinajstić information content (AvgIpc) is 2.77. The Morgan fingerprint density at radius 1 is 0.968 bits per heavy atom. The number of aryl methyl sites for hydroxylation is 1. The summed E-state index contributed by atoms with van der Waals surface area (Å²) >= 11 is 11.8. The lowest BCUT2D eigenvalue weighted by atomic mass is 10.1. The topological polar surface area (TPSA) is 80.8 Å². The van der Waals surface area contributed by atoms with Gasteiger partial charge in [0.05, 0.1) is 9.92 Å². The van der Waals surface area contributed by atoms with Gasteiger partial charge in [-0.05, 0) is 55.2 Å². The molecule has 0 bridgehead atoms. The highest BCUT2D eigenvalue weighted by Gasteiger charge is 2.25. The number of carbonyl (C=O) groups is 2. The number of ether oxygens (including phenoxy) is 1. The second-order valence-corrected chi connectivity index (χ2v) is 10.1. The molecular formula is C22H23Cl2NO5S. The number of benzene rings is 2. The van der Waals surface area contributed by atoms with Gasteiger partial charge in [0.25, 0.3) is 0 Å². The fourth-order valence-electron chi connectivity index (χ4n) is 3.34. The molecule has 1 heterocycles. The van der Waals surface area contributed by atoms with E-state index in [-0.39, 0.29) is 21.9 Å². The molecule has 0 aliphatic carbocycles. The van der Waals surface area contributed by atoms with Crippen LogP contribution in [-0.4, -0.2) is 44.2 Å². The van der Waals surface area contributed by atoms with Crippen molar-refractivity contribution in [1.82, 2.24) is 4.31 Å². The number of nitrogens with zero attached hydrogens (tertiary/aromatic N) is 1. The van der Waals surface area contributed by atoms with Gasteiger partial charge in [0, 0.05) is 30.1 Å². The van der Waals surface area contributed by atoms with Gasteiger partial charge in [-0.25, -0.2) is 8.42 Å². The van der Waals surface area contributed by atoms with Gasteiger partial charge in [-0.1, -0.05) is 41.8 Å². The van der Waals surface area contributed by atoms with E-state index in [1.165, 1.54) is 22.5 Å². The largest absolute Gasteiger partial charge is 0.457 e. The molecule has 0 spiro atoms. The standard InChI is InChI=1S/C22H23Cl2NO5S/c23-17-7-10-19(20(24)14-17)21(26)15-30-22(27)11-6-16-4-8-18(9-5-16)31(28,29)25-12-2-1-3-13-25/h4-5,7-10,14H,1-3,6,11-13,15H2. The van der Waals surface area contributed by atoms with Crippen LogP contribution < -0.4 is 0 Å². The lowest BCUT2D eigenvalue weighted by Crippen LogP contribution is -2.35. The molecule has 1 aliphatic rings. The van der Waals surface area contributed by atoms with Gasteiger partial charge in [0.15, 0.2) is 6.61 Å². The van der Waals surface area contributed by atoms with Crippen molar-refractivity contribution in [2.75, 3.05) is 19.7 Å². The first kappa shape index (κ1) is 23.7. The number of sulfonamides is 1. The van der Waals surface area contributed by atoms with Gasteiger partial charge >= 0.3 is 5.97 Å². The number of hydrogen-bond acceptors (Lipinski definition) is 5. The molecule has 0 saturated carbocycles. The Hall–Kier alpha value is -1.93. The number of rotatable bonds is 8. The smallest absolute Gasteiger partial charge is 0.306 e. The van der Waals surface area contributed by atoms with E-state index in [0.29, 0.717) is 24.5 Å². The van der Waals surface area contributed by atoms with Crippen LogP contribution in [0.5, 0.6) is 0 Å². The SMILES string of the molecule is O=C(CCc1ccc(S(=O)(=O)N2CCCCC2)cc1)OCC(=O)c1ccc(Cl)cc1Cl. The summed E-state index contributed by atoms with van der Waals surface area (Å²) in [5.41, 5.74) is 1.05. The van der Waals surface area contributed by atoms with Crippen molar-refractivity contribution < 1.29 is 22.7 Å². The maximum atomic E-state index is 12.7. The Labute approximate surface area is 192 Å². The molecule has 1 saturated heterocycles. The first-order valence-electron chi connectivity index (χ1n) is 10.0. The van der Waals surface area contributed by atoms with Crippen molar-refractivity contribution in [3.8, 4) is 0 Å². The minimum Gasteiger partial charge on any atom is -0.457 e. The van der Waals surface area contributed by atoms with Crippen molar-refractivity contribution in [2.24, 2.45) is 0 Å². The summed E-state index contributed by atoms with van der Waals surface area (Å²) in [6.07, 6.45) is 3.26. The Kier molecular flexibility index (Phi) is 8.11.